The van der Waals surface area contributed by atoms with Crippen LogP contribution in [0.1, 0.15) is 35.1 Å². The van der Waals surface area contributed by atoms with Gasteiger partial charge in [-0.05, 0) is 36.5 Å². The van der Waals surface area contributed by atoms with Gasteiger partial charge in [0, 0.05) is 31.1 Å². The molecule has 4 nitrogen and oxygen atoms in total. The Morgan fingerprint density at radius 1 is 1.12 bits per heavy atom. The quantitative estimate of drug-likeness (QED) is 0.920. The summed E-state index contributed by atoms with van der Waals surface area (Å²) in [4.78, 5) is 15.4. The average Bonchev–Trinajstić information content (AvgIpc) is 3.48. The van der Waals surface area contributed by atoms with E-state index in [9.17, 15) is 4.79 Å². The molecule has 0 aromatic heterocycles. The summed E-state index contributed by atoms with van der Waals surface area (Å²) in [5, 5.41) is 3.43. The van der Waals surface area contributed by atoms with Crippen molar-refractivity contribution in [2.45, 2.75) is 25.3 Å². The van der Waals surface area contributed by atoms with Crippen LogP contribution < -0.4 is 10.1 Å². The number of rotatable bonds is 4. The number of carbonyl (C=O) groups is 1. The lowest BCUT2D eigenvalue weighted by Gasteiger charge is -2.37. The second kappa shape index (κ2) is 7.12. The topological polar surface area (TPSA) is 41.6 Å². The number of methoxy groups -OCH3 is 1. The highest BCUT2D eigenvalue weighted by Crippen LogP contribution is 2.50. The zero-order valence-corrected chi connectivity index (χ0v) is 15.4. The van der Waals surface area contributed by atoms with Gasteiger partial charge >= 0.3 is 0 Å². The third kappa shape index (κ3) is 3.10. The predicted molar refractivity (Wildman–Crippen MR) is 102 cm³/mol. The number of amides is 1. The molecule has 1 N–H and O–H groups in total. The number of piperazine rings is 1. The Morgan fingerprint density at radius 2 is 1.85 bits per heavy atom. The molecule has 2 aromatic rings. The minimum Gasteiger partial charge on any atom is -0.496 e. The van der Waals surface area contributed by atoms with Crippen LogP contribution in [-0.4, -0.2) is 37.6 Å². The number of nitrogens with zero attached hydrogens (tertiary/aromatic N) is 1. The van der Waals surface area contributed by atoms with Crippen molar-refractivity contribution in [3.8, 4) is 5.75 Å². The Bertz CT molecular complexity index is 804. The summed E-state index contributed by atoms with van der Waals surface area (Å²) < 4.78 is 5.54. The minimum atomic E-state index is 0.0329. The maximum Gasteiger partial charge on any atom is 0.226 e. The summed E-state index contributed by atoms with van der Waals surface area (Å²) in [7, 11) is 1.69. The number of hydrogen-bond donors (Lipinski definition) is 1. The zero-order valence-electron chi connectivity index (χ0n) is 15.4. The largest absolute Gasteiger partial charge is 0.496 e. The lowest BCUT2D eigenvalue weighted by atomic mass is 10.00. The van der Waals surface area contributed by atoms with Crippen LogP contribution in [0.25, 0.3) is 0 Å². The molecular weight excluding hydrogens is 324 g/mol. The van der Waals surface area contributed by atoms with E-state index < -0.39 is 0 Å². The molecule has 2 fully saturated rings. The molecule has 136 valence electrons. The monoisotopic (exact) mass is 350 g/mol. The maximum absolute atomic E-state index is 13.3. The Labute approximate surface area is 155 Å². The fourth-order valence-corrected chi connectivity index (χ4v) is 4.22. The molecular formula is C22H26N2O2. The van der Waals surface area contributed by atoms with E-state index in [1.807, 2.05) is 18.2 Å². The van der Waals surface area contributed by atoms with Crippen LogP contribution in [0.2, 0.25) is 0 Å². The highest BCUT2D eigenvalue weighted by atomic mass is 16.5. The molecule has 0 bridgehead atoms. The van der Waals surface area contributed by atoms with Gasteiger partial charge in [0.1, 0.15) is 5.75 Å². The molecule has 2 aromatic carbocycles. The molecule has 4 rings (SSSR count). The van der Waals surface area contributed by atoms with Crippen molar-refractivity contribution >= 4 is 5.91 Å². The smallest absolute Gasteiger partial charge is 0.226 e. The van der Waals surface area contributed by atoms with E-state index in [2.05, 4.69) is 47.5 Å². The van der Waals surface area contributed by atoms with E-state index >= 15 is 0 Å². The molecule has 1 aliphatic carbocycles. The third-order valence-corrected chi connectivity index (χ3v) is 5.72. The number of hydrogen-bond acceptors (Lipinski definition) is 3. The number of carbonyl (C=O) groups excluding carboxylic acids is 1. The molecule has 2 aliphatic rings. The standard InChI is InChI=1S/C22H26N2O2/c1-15-7-3-4-8-16(15)18-13-19(18)22(25)24-12-11-23-14-20(24)17-9-5-6-10-21(17)26-2/h3-10,18-20,23H,11-14H2,1-2H3. The fourth-order valence-electron chi connectivity index (χ4n) is 4.22. The van der Waals surface area contributed by atoms with Crippen molar-refractivity contribution in [1.29, 1.82) is 0 Å². The lowest BCUT2D eigenvalue weighted by molar-refractivity contribution is -0.136. The second-order valence-electron chi connectivity index (χ2n) is 7.30. The Morgan fingerprint density at radius 3 is 2.62 bits per heavy atom. The molecule has 3 unspecified atom stereocenters. The van der Waals surface area contributed by atoms with Gasteiger partial charge in [-0.1, -0.05) is 42.5 Å². The van der Waals surface area contributed by atoms with Gasteiger partial charge in [-0.3, -0.25) is 4.79 Å². The van der Waals surface area contributed by atoms with Gasteiger partial charge < -0.3 is 15.0 Å². The Kier molecular flexibility index (Phi) is 4.68. The van der Waals surface area contributed by atoms with E-state index in [-0.39, 0.29) is 17.9 Å². The van der Waals surface area contributed by atoms with Crippen LogP contribution >= 0.6 is 0 Å². The first-order valence-corrected chi connectivity index (χ1v) is 9.40. The minimum absolute atomic E-state index is 0.0329. The summed E-state index contributed by atoms with van der Waals surface area (Å²) >= 11 is 0. The van der Waals surface area contributed by atoms with Crippen LogP contribution in [0.5, 0.6) is 5.75 Å². The number of nitrogens with one attached hydrogen (secondary N) is 1. The normalized spacial score (nSPS) is 25.0. The van der Waals surface area contributed by atoms with E-state index in [0.29, 0.717) is 5.92 Å². The summed E-state index contributed by atoms with van der Waals surface area (Å²) in [6, 6.07) is 16.5. The van der Waals surface area contributed by atoms with Crippen LogP contribution in [-0.2, 0) is 4.79 Å². The van der Waals surface area contributed by atoms with E-state index in [1.54, 1.807) is 7.11 Å². The number of benzene rings is 2. The van der Waals surface area contributed by atoms with Crippen molar-refractivity contribution in [2.75, 3.05) is 26.7 Å². The van der Waals surface area contributed by atoms with Crippen molar-refractivity contribution in [3.63, 3.8) is 0 Å². The number of para-hydroxylation sites is 1. The van der Waals surface area contributed by atoms with Crippen molar-refractivity contribution in [1.82, 2.24) is 10.2 Å². The van der Waals surface area contributed by atoms with Crippen LogP contribution in [0, 0.1) is 12.8 Å². The van der Waals surface area contributed by atoms with Gasteiger partial charge in [-0.25, -0.2) is 0 Å². The molecule has 0 radical (unpaired) electrons. The zero-order chi connectivity index (χ0) is 18.1. The van der Waals surface area contributed by atoms with E-state index in [0.717, 1.165) is 37.4 Å². The second-order valence-corrected chi connectivity index (χ2v) is 7.30. The first kappa shape index (κ1) is 17.1. The number of ether oxygens (including phenoxy) is 1. The van der Waals surface area contributed by atoms with Gasteiger partial charge in [0.2, 0.25) is 5.91 Å². The van der Waals surface area contributed by atoms with Gasteiger partial charge in [-0.15, -0.1) is 0 Å². The summed E-state index contributed by atoms with van der Waals surface area (Å²) in [5.41, 5.74) is 3.70. The molecule has 3 atom stereocenters. The fraction of sp³-hybridized carbons (Fsp3) is 0.409. The van der Waals surface area contributed by atoms with E-state index in [4.69, 9.17) is 4.74 Å². The average molecular weight is 350 g/mol. The maximum atomic E-state index is 13.3. The molecule has 0 spiro atoms. The van der Waals surface area contributed by atoms with Crippen molar-refractivity contribution in [3.05, 3.63) is 65.2 Å². The van der Waals surface area contributed by atoms with Crippen LogP contribution in [0.3, 0.4) is 0 Å². The van der Waals surface area contributed by atoms with E-state index in [1.165, 1.54) is 11.1 Å². The predicted octanol–water partition coefficient (Wildman–Crippen LogP) is 3.28. The Balaban J connectivity index is 1.56. The van der Waals surface area contributed by atoms with Crippen LogP contribution in [0.4, 0.5) is 0 Å². The number of aryl methyl sites for hydroxylation is 1. The van der Waals surface area contributed by atoms with Crippen molar-refractivity contribution < 1.29 is 9.53 Å². The molecule has 1 saturated carbocycles. The molecule has 1 amide bonds. The summed E-state index contributed by atoms with van der Waals surface area (Å²) in [5.74, 6) is 1.63. The summed E-state index contributed by atoms with van der Waals surface area (Å²) in [6.45, 7) is 4.50. The molecule has 1 aliphatic heterocycles. The van der Waals surface area contributed by atoms with Gasteiger partial charge in [0.25, 0.3) is 0 Å². The lowest BCUT2D eigenvalue weighted by Crippen LogP contribution is -2.49. The van der Waals surface area contributed by atoms with Gasteiger partial charge in [0.15, 0.2) is 0 Å². The highest BCUT2D eigenvalue weighted by molar-refractivity contribution is 5.84. The Hall–Kier alpha value is -2.33. The van der Waals surface area contributed by atoms with Crippen LogP contribution in [0.15, 0.2) is 48.5 Å². The highest BCUT2D eigenvalue weighted by Gasteiger charge is 2.47. The SMILES string of the molecule is COc1ccccc1C1CNCCN1C(=O)C1CC1c1ccccc1C. The van der Waals surface area contributed by atoms with Gasteiger partial charge in [0.05, 0.1) is 13.2 Å². The molecule has 1 saturated heterocycles. The molecule has 26 heavy (non-hydrogen) atoms. The molecule has 1 heterocycles. The molecule has 4 heteroatoms. The van der Waals surface area contributed by atoms with Gasteiger partial charge in [-0.2, -0.15) is 0 Å². The summed E-state index contributed by atoms with van der Waals surface area (Å²) in [6.07, 6.45) is 0.965. The third-order valence-electron chi connectivity index (χ3n) is 5.72. The van der Waals surface area contributed by atoms with Crippen molar-refractivity contribution in [2.24, 2.45) is 5.92 Å². The first-order chi connectivity index (χ1) is 12.7. The first-order valence-electron chi connectivity index (χ1n) is 9.40.